The van der Waals surface area contributed by atoms with E-state index < -0.39 is 23.3 Å². The smallest absolute Gasteiger partial charge is 0.311 e. The van der Waals surface area contributed by atoms with Crippen molar-refractivity contribution in [2.45, 2.75) is 19.4 Å². The molecule has 1 aromatic rings. The normalized spacial score (nSPS) is 15.7. The van der Waals surface area contributed by atoms with Gasteiger partial charge in [-0.2, -0.15) is 0 Å². The van der Waals surface area contributed by atoms with Gasteiger partial charge in [0, 0.05) is 0 Å². The third-order valence-electron chi connectivity index (χ3n) is 3.10. The summed E-state index contributed by atoms with van der Waals surface area (Å²) in [6.07, 6.45) is 0. The third kappa shape index (κ3) is 2.46. The van der Waals surface area contributed by atoms with Crippen LogP contribution < -0.4 is 4.74 Å². The molecule has 1 aromatic carbocycles. The van der Waals surface area contributed by atoms with Crippen LogP contribution in [0.4, 0.5) is 4.39 Å². The highest BCUT2D eigenvalue weighted by atomic mass is 19.1. The van der Waals surface area contributed by atoms with Crippen LogP contribution in [0.3, 0.4) is 0 Å². The molecular formula is C13H17FO4. The average Bonchev–Trinajstić information content (AvgIpc) is 2.35. The summed E-state index contributed by atoms with van der Waals surface area (Å²) in [5, 5.41) is 10.4. The standard InChI is InChI=1S/C13H17FO4/c1-8(12(15)18-4)13(2,16)11-9(14)6-5-7-10(11)17-3/h5-8,16H,1-4H3. The largest absolute Gasteiger partial charge is 0.496 e. The fraction of sp³-hybridized carbons (Fsp3) is 0.462. The molecule has 100 valence electrons. The van der Waals surface area contributed by atoms with Crippen molar-refractivity contribution in [2.24, 2.45) is 5.92 Å². The molecule has 4 nitrogen and oxygen atoms in total. The molecule has 2 unspecified atom stereocenters. The van der Waals surface area contributed by atoms with Crippen LogP contribution in [0.15, 0.2) is 18.2 Å². The number of hydrogen-bond donors (Lipinski definition) is 1. The minimum absolute atomic E-state index is 0.0506. The van der Waals surface area contributed by atoms with E-state index in [1.807, 2.05) is 0 Å². The summed E-state index contributed by atoms with van der Waals surface area (Å²) in [4.78, 5) is 11.5. The number of carbonyl (C=O) groups excluding carboxylic acids is 1. The van der Waals surface area contributed by atoms with Crippen LogP contribution in [0, 0.1) is 11.7 Å². The van der Waals surface area contributed by atoms with Crippen LogP contribution in [-0.2, 0) is 15.1 Å². The van der Waals surface area contributed by atoms with Gasteiger partial charge in [0.15, 0.2) is 0 Å². The monoisotopic (exact) mass is 256 g/mol. The van der Waals surface area contributed by atoms with Crippen molar-refractivity contribution in [3.8, 4) is 5.75 Å². The molecule has 0 aliphatic heterocycles. The number of benzene rings is 1. The highest BCUT2D eigenvalue weighted by Crippen LogP contribution is 2.37. The Morgan fingerprint density at radius 1 is 1.44 bits per heavy atom. The predicted octanol–water partition coefficient (Wildman–Crippen LogP) is 1.85. The molecule has 0 bridgehead atoms. The van der Waals surface area contributed by atoms with E-state index in [2.05, 4.69) is 4.74 Å². The second-order valence-electron chi connectivity index (χ2n) is 4.21. The highest BCUT2D eigenvalue weighted by molar-refractivity contribution is 5.74. The summed E-state index contributed by atoms with van der Waals surface area (Å²) in [7, 11) is 2.59. The maximum Gasteiger partial charge on any atom is 0.311 e. The lowest BCUT2D eigenvalue weighted by atomic mass is 9.83. The lowest BCUT2D eigenvalue weighted by Crippen LogP contribution is -2.37. The van der Waals surface area contributed by atoms with Gasteiger partial charge in [-0.15, -0.1) is 0 Å². The number of methoxy groups -OCH3 is 2. The summed E-state index contributed by atoms with van der Waals surface area (Å²) in [5.41, 5.74) is -1.77. The summed E-state index contributed by atoms with van der Waals surface area (Å²) in [6, 6.07) is 4.20. The van der Waals surface area contributed by atoms with Gasteiger partial charge >= 0.3 is 5.97 Å². The molecular weight excluding hydrogens is 239 g/mol. The SMILES string of the molecule is COC(=O)C(C)C(C)(O)c1c(F)cccc1OC. The number of halogens is 1. The first-order chi connectivity index (χ1) is 8.36. The van der Waals surface area contributed by atoms with Gasteiger partial charge < -0.3 is 14.6 Å². The zero-order valence-electron chi connectivity index (χ0n) is 10.9. The Morgan fingerprint density at radius 2 is 2.06 bits per heavy atom. The highest BCUT2D eigenvalue weighted by Gasteiger charge is 2.40. The van der Waals surface area contributed by atoms with Crippen molar-refractivity contribution in [2.75, 3.05) is 14.2 Å². The number of hydrogen-bond acceptors (Lipinski definition) is 4. The van der Waals surface area contributed by atoms with Gasteiger partial charge in [-0.05, 0) is 26.0 Å². The van der Waals surface area contributed by atoms with E-state index in [0.717, 1.165) is 0 Å². The lowest BCUT2D eigenvalue weighted by molar-refractivity contribution is -0.154. The molecule has 2 atom stereocenters. The van der Waals surface area contributed by atoms with E-state index in [9.17, 15) is 14.3 Å². The van der Waals surface area contributed by atoms with Crippen molar-refractivity contribution >= 4 is 5.97 Å². The van der Waals surface area contributed by atoms with Gasteiger partial charge in [-0.3, -0.25) is 4.79 Å². The van der Waals surface area contributed by atoms with E-state index >= 15 is 0 Å². The number of carbonyl (C=O) groups is 1. The van der Waals surface area contributed by atoms with Crippen LogP contribution in [0.2, 0.25) is 0 Å². The molecule has 0 radical (unpaired) electrons. The molecule has 5 heteroatoms. The maximum absolute atomic E-state index is 13.9. The molecule has 18 heavy (non-hydrogen) atoms. The van der Waals surface area contributed by atoms with Gasteiger partial charge in [0.25, 0.3) is 0 Å². The number of aliphatic hydroxyl groups is 1. The molecule has 0 saturated carbocycles. The number of esters is 1. The van der Waals surface area contributed by atoms with E-state index in [-0.39, 0.29) is 11.3 Å². The minimum atomic E-state index is -1.72. The molecule has 0 heterocycles. The first-order valence-electron chi connectivity index (χ1n) is 5.49. The first kappa shape index (κ1) is 14.4. The molecule has 0 amide bonds. The maximum atomic E-state index is 13.9. The Kier molecular flexibility index (Phi) is 4.29. The fourth-order valence-electron chi connectivity index (χ4n) is 1.79. The van der Waals surface area contributed by atoms with E-state index in [0.29, 0.717) is 0 Å². The van der Waals surface area contributed by atoms with E-state index in [1.54, 1.807) is 0 Å². The fourth-order valence-corrected chi connectivity index (χ4v) is 1.79. The van der Waals surface area contributed by atoms with E-state index in [4.69, 9.17) is 4.74 Å². The minimum Gasteiger partial charge on any atom is -0.496 e. The molecule has 0 aromatic heterocycles. The molecule has 0 aliphatic carbocycles. The molecule has 1 N–H and O–H groups in total. The second kappa shape index (κ2) is 5.35. The van der Waals surface area contributed by atoms with Crippen LogP contribution in [0.25, 0.3) is 0 Å². The van der Waals surface area contributed by atoms with Crippen LogP contribution in [-0.4, -0.2) is 25.3 Å². The van der Waals surface area contributed by atoms with Gasteiger partial charge in [-0.1, -0.05) is 6.07 Å². The molecule has 1 rings (SSSR count). The number of rotatable bonds is 4. The molecule has 0 fully saturated rings. The Balaban J connectivity index is 3.31. The van der Waals surface area contributed by atoms with Crippen LogP contribution in [0.1, 0.15) is 19.4 Å². The van der Waals surface area contributed by atoms with Gasteiger partial charge in [0.05, 0.1) is 25.7 Å². The first-order valence-corrected chi connectivity index (χ1v) is 5.49. The van der Waals surface area contributed by atoms with Gasteiger partial charge in [-0.25, -0.2) is 4.39 Å². The summed E-state index contributed by atoms with van der Waals surface area (Å²) in [5.74, 6) is -1.98. The molecule has 0 spiro atoms. The van der Waals surface area contributed by atoms with Crippen LogP contribution >= 0.6 is 0 Å². The van der Waals surface area contributed by atoms with Crippen molar-refractivity contribution in [3.05, 3.63) is 29.6 Å². The van der Waals surface area contributed by atoms with Gasteiger partial charge in [0.1, 0.15) is 17.2 Å². The zero-order valence-corrected chi connectivity index (χ0v) is 10.9. The topological polar surface area (TPSA) is 55.8 Å². The Bertz CT molecular complexity index is 443. The van der Waals surface area contributed by atoms with Crippen molar-refractivity contribution in [1.82, 2.24) is 0 Å². The van der Waals surface area contributed by atoms with Crippen molar-refractivity contribution in [1.29, 1.82) is 0 Å². The number of ether oxygens (including phenoxy) is 2. The average molecular weight is 256 g/mol. The quantitative estimate of drug-likeness (QED) is 0.835. The Morgan fingerprint density at radius 3 is 2.56 bits per heavy atom. The Hall–Kier alpha value is -1.62. The molecule has 0 saturated heterocycles. The molecule has 0 aliphatic rings. The van der Waals surface area contributed by atoms with E-state index in [1.165, 1.54) is 46.3 Å². The van der Waals surface area contributed by atoms with Crippen molar-refractivity contribution < 1.29 is 23.8 Å². The Labute approximate surface area is 105 Å². The van der Waals surface area contributed by atoms with Crippen LogP contribution in [0.5, 0.6) is 5.75 Å². The third-order valence-corrected chi connectivity index (χ3v) is 3.10. The lowest BCUT2D eigenvalue weighted by Gasteiger charge is -2.30. The zero-order chi connectivity index (χ0) is 13.9. The van der Waals surface area contributed by atoms with Gasteiger partial charge in [0.2, 0.25) is 0 Å². The summed E-state index contributed by atoms with van der Waals surface area (Å²) in [6.45, 7) is 2.83. The summed E-state index contributed by atoms with van der Waals surface area (Å²) < 4.78 is 23.5. The second-order valence-corrected chi connectivity index (χ2v) is 4.21. The van der Waals surface area contributed by atoms with Crippen molar-refractivity contribution in [3.63, 3.8) is 0 Å². The summed E-state index contributed by atoms with van der Waals surface area (Å²) >= 11 is 0. The predicted molar refractivity (Wildman–Crippen MR) is 63.7 cm³/mol.